The predicted molar refractivity (Wildman–Crippen MR) is 115 cm³/mol. The van der Waals surface area contributed by atoms with E-state index in [-0.39, 0.29) is 17.4 Å². The zero-order valence-corrected chi connectivity index (χ0v) is 17.7. The highest BCUT2D eigenvalue weighted by atomic mass is 16.5. The minimum Gasteiger partial charge on any atom is -0.496 e. The van der Waals surface area contributed by atoms with Gasteiger partial charge in [0.2, 0.25) is 5.91 Å². The molecule has 0 spiro atoms. The van der Waals surface area contributed by atoms with Crippen molar-refractivity contribution in [3.05, 3.63) is 52.4 Å². The van der Waals surface area contributed by atoms with Crippen molar-refractivity contribution in [2.24, 2.45) is 5.92 Å². The fraction of sp³-hybridized carbons (Fsp3) is 0.500. The van der Waals surface area contributed by atoms with Crippen LogP contribution in [0.5, 0.6) is 5.75 Å². The summed E-state index contributed by atoms with van der Waals surface area (Å²) in [7, 11) is 3.22. The number of ether oxygens (including phenoxy) is 2. The van der Waals surface area contributed by atoms with Crippen LogP contribution in [0.25, 0.3) is 0 Å². The lowest BCUT2D eigenvalue weighted by atomic mass is 9.94. The Labute approximate surface area is 176 Å². The number of benzene rings is 1. The van der Waals surface area contributed by atoms with Gasteiger partial charge in [-0.1, -0.05) is 18.2 Å². The van der Waals surface area contributed by atoms with E-state index in [4.69, 9.17) is 9.47 Å². The van der Waals surface area contributed by atoms with Crippen LogP contribution >= 0.6 is 0 Å². The molecule has 3 rings (SSSR count). The Morgan fingerprint density at radius 1 is 1.30 bits per heavy atom. The first-order chi connectivity index (χ1) is 14.6. The summed E-state index contributed by atoms with van der Waals surface area (Å²) >= 11 is 0. The number of nitrogens with one attached hydrogen (secondary N) is 1. The van der Waals surface area contributed by atoms with Gasteiger partial charge in [-0.2, -0.15) is 5.10 Å². The first kappa shape index (κ1) is 21.8. The molecule has 2 heterocycles. The van der Waals surface area contributed by atoms with Gasteiger partial charge in [-0.15, -0.1) is 0 Å². The summed E-state index contributed by atoms with van der Waals surface area (Å²) in [5.41, 5.74) is 1.63. The number of piperidine rings is 1. The van der Waals surface area contributed by atoms with Gasteiger partial charge >= 0.3 is 0 Å². The quantitative estimate of drug-likeness (QED) is 0.674. The van der Waals surface area contributed by atoms with E-state index in [0.717, 1.165) is 42.9 Å². The van der Waals surface area contributed by atoms with Crippen molar-refractivity contribution in [3.8, 4) is 5.75 Å². The summed E-state index contributed by atoms with van der Waals surface area (Å²) in [6.07, 6.45) is 4.17. The van der Waals surface area contributed by atoms with E-state index in [1.165, 1.54) is 4.68 Å². The normalized spacial score (nSPS) is 16.3. The number of aromatic nitrogens is 2. The number of amides is 1. The zero-order valence-electron chi connectivity index (χ0n) is 17.7. The molecule has 0 bridgehead atoms. The van der Waals surface area contributed by atoms with Crippen LogP contribution in [-0.4, -0.2) is 49.6 Å². The summed E-state index contributed by atoms with van der Waals surface area (Å²) in [5.74, 6) is 1.04. The Bertz CT molecular complexity index is 899. The summed E-state index contributed by atoms with van der Waals surface area (Å²) in [4.78, 5) is 26.9. The Kier molecular flexibility index (Phi) is 7.84. The van der Waals surface area contributed by atoms with E-state index in [1.54, 1.807) is 26.5 Å². The summed E-state index contributed by atoms with van der Waals surface area (Å²) in [5, 5.41) is 7.24. The van der Waals surface area contributed by atoms with E-state index in [2.05, 4.69) is 15.3 Å². The minimum atomic E-state index is -0.138. The van der Waals surface area contributed by atoms with Crippen LogP contribution in [0.3, 0.4) is 0 Å². The second kappa shape index (κ2) is 10.8. The molecule has 8 heteroatoms. The molecule has 1 atom stereocenters. The third-order valence-electron chi connectivity index (χ3n) is 5.39. The average Bonchev–Trinajstić information content (AvgIpc) is 2.77. The smallest absolute Gasteiger partial charge is 0.268 e. The standard InChI is InChI=1S/C22H30N4O4/c1-29-11-10-26-22(28)13-19(15-24-26)25-9-5-6-17(16-25)12-21(27)23-14-18-7-3-4-8-20(18)30-2/h3-4,7-8,13,15,17H,5-6,9-12,14,16H2,1-2H3,(H,23,27). The fourth-order valence-electron chi connectivity index (χ4n) is 3.79. The maximum atomic E-state index is 12.5. The van der Waals surface area contributed by atoms with Crippen molar-refractivity contribution < 1.29 is 14.3 Å². The van der Waals surface area contributed by atoms with Gasteiger partial charge in [0.15, 0.2) is 0 Å². The van der Waals surface area contributed by atoms with Crippen LogP contribution in [0.4, 0.5) is 5.69 Å². The average molecular weight is 415 g/mol. The number of nitrogens with zero attached hydrogens (tertiary/aromatic N) is 3. The number of rotatable bonds is 9. The first-order valence-corrected chi connectivity index (χ1v) is 10.3. The molecule has 1 fully saturated rings. The summed E-state index contributed by atoms with van der Waals surface area (Å²) in [6, 6.07) is 9.29. The zero-order chi connectivity index (χ0) is 21.3. The van der Waals surface area contributed by atoms with Gasteiger partial charge < -0.3 is 19.7 Å². The third kappa shape index (κ3) is 5.82. The van der Waals surface area contributed by atoms with Gasteiger partial charge in [0.1, 0.15) is 5.75 Å². The third-order valence-corrected chi connectivity index (χ3v) is 5.39. The molecule has 0 radical (unpaired) electrons. The minimum absolute atomic E-state index is 0.0286. The van der Waals surface area contributed by atoms with Crippen LogP contribution in [0, 0.1) is 5.92 Å². The van der Waals surface area contributed by atoms with Crippen molar-refractivity contribution >= 4 is 11.6 Å². The largest absolute Gasteiger partial charge is 0.496 e. The van der Waals surface area contributed by atoms with Gasteiger partial charge in [-0.3, -0.25) is 9.59 Å². The molecule has 1 N–H and O–H groups in total. The molecular weight excluding hydrogens is 384 g/mol. The van der Waals surface area contributed by atoms with Crippen LogP contribution in [0.1, 0.15) is 24.8 Å². The van der Waals surface area contributed by atoms with Crippen molar-refractivity contribution in [2.75, 3.05) is 38.8 Å². The van der Waals surface area contributed by atoms with Crippen molar-refractivity contribution in [3.63, 3.8) is 0 Å². The molecule has 1 amide bonds. The molecule has 0 aliphatic carbocycles. The van der Waals surface area contributed by atoms with Gasteiger partial charge in [0.25, 0.3) is 5.56 Å². The van der Waals surface area contributed by atoms with Gasteiger partial charge in [0, 0.05) is 44.8 Å². The van der Waals surface area contributed by atoms with Gasteiger partial charge in [0.05, 0.1) is 32.1 Å². The fourth-order valence-corrected chi connectivity index (χ4v) is 3.79. The molecule has 1 unspecified atom stereocenters. The molecule has 1 saturated heterocycles. The van der Waals surface area contributed by atoms with E-state index in [9.17, 15) is 9.59 Å². The lowest BCUT2D eigenvalue weighted by molar-refractivity contribution is -0.122. The maximum absolute atomic E-state index is 12.5. The topological polar surface area (TPSA) is 85.7 Å². The highest BCUT2D eigenvalue weighted by Gasteiger charge is 2.23. The number of carbonyl (C=O) groups is 1. The van der Waals surface area contributed by atoms with Crippen molar-refractivity contribution in [1.82, 2.24) is 15.1 Å². The molecule has 2 aromatic rings. The molecule has 1 aromatic carbocycles. The number of para-hydroxylation sites is 1. The molecule has 8 nitrogen and oxygen atoms in total. The molecule has 1 aliphatic heterocycles. The number of methoxy groups -OCH3 is 2. The number of anilines is 1. The molecule has 162 valence electrons. The Morgan fingerprint density at radius 2 is 2.13 bits per heavy atom. The molecule has 0 saturated carbocycles. The summed E-state index contributed by atoms with van der Waals surface area (Å²) < 4.78 is 11.7. The van der Waals surface area contributed by atoms with Gasteiger partial charge in [-0.25, -0.2) is 4.68 Å². The predicted octanol–water partition coefficient (Wildman–Crippen LogP) is 1.82. The van der Waals surface area contributed by atoms with E-state index < -0.39 is 0 Å². The molecule has 30 heavy (non-hydrogen) atoms. The monoisotopic (exact) mass is 414 g/mol. The van der Waals surface area contributed by atoms with Crippen LogP contribution in [-0.2, 0) is 22.6 Å². The van der Waals surface area contributed by atoms with E-state index >= 15 is 0 Å². The maximum Gasteiger partial charge on any atom is 0.268 e. The number of carbonyl (C=O) groups excluding carboxylic acids is 1. The van der Waals surface area contributed by atoms with Gasteiger partial charge in [-0.05, 0) is 24.8 Å². The molecule has 1 aromatic heterocycles. The first-order valence-electron chi connectivity index (χ1n) is 10.3. The van der Waals surface area contributed by atoms with E-state index in [1.807, 2.05) is 24.3 Å². The second-order valence-electron chi connectivity index (χ2n) is 7.51. The Hall–Kier alpha value is -2.87. The lowest BCUT2D eigenvalue weighted by Gasteiger charge is -2.34. The molecular formula is C22H30N4O4. The Morgan fingerprint density at radius 3 is 2.90 bits per heavy atom. The number of hydrogen-bond acceptors (Lipinski definition) is 6. The van der Waals surface area contributed by atoms with Crippen LogP contribution in [0.2, 0.25) is 0 Å². The lowest BCUT2D eigenvalue weighted by Crippen LogP contribution is -2.39. The number of hydrogen-bond donors (Lipinski definition) is 1. The second-order valence-corrected chi connectivity index (χ2v) is 7.51. The molecule has 1 aliphatic rings. The highest BCUT2D eigenvalue weighted by molar-refractivity contribution is 5.76. The van der Waals surface area contributed by atoms with Crippen molar-refractivity contribution in [1.29, 1.82) is 0 Å². The Balaban J connectivity index is 1.54. The van der Waals surface area contributed by atoms with E-state index in [0.29, 0.717) is 26.1 Å². The highest BCUT2D eigenvalue weighted by Crippen LogP contribution is 2.24. The SMILES string of the molecule is COCCn1ncc(N2CCCC(CC(=O)NCc3ccccc3OC)C2)cc1=O. The van der Waals surface area contributed by atoms with Crippen molar-refractivity contribution in [2.45, 2.75) is 32.4 Å². The van der Waals surface area contributed by atoms with Crippen LogP contribution in [0.15, 0.2) is 41.3 Å². The van der Waals surface area contributed by atoms with Crippen LogP contribution < -0.4 is 20.5 Å². The summed E-state index contributed by atoms with van der Waals surface area (Å²) in [6.45, 7) is 2.93.